The summed E-state index contributed by atoms with van der Waals surface area (Å²) in [6.07, 6.45) is 0. The molecule has 0 bridgehead atoms. The Balaban J connectivity index is 2.73. The third-order valence-electron chi connectivity index (χ3n) is 1.70. The molecule has 0 radical (unpaired) electrons. The molecule has 0 spiro atoms. The summed E-state index contributed by atoms with van der Waals surface area (Å²) in [5, 5.41) is 3.75. The maximum absolute atomic E-state index is 5.85. The summed E-state index contributed by atoms with van der Waals surface area (Å²) in [6, 6.07) is 7.65. The molecule has 0 aliphatic heterocycles. The second-order valence-corrected chi connectivity index (χ2v) is 3.16. The van der Waals surface area contributed by atoms with Gasteiger partial charge in [-0.05, 0) is 24.7 Å². The Morgan fingerprint density at radius 3 is 2.92 bits per heavy atom. The zero-order valence-electron chi connectivity index (χ0n) is 7.05. The van der Waals surface area contributed by atoms with E-state index in [0.717, 1.165) is 17.1 Å². The highest BCUT2D eigenvalue weighted by molar-refractivity contribution is 6.30. The van der Waals surface area contributed by atoms with Gasteiger partial charge in [-0.25, -0.2) is 0 Å². The largest absolute Gasteiger partial charge is 0.323 e. The van der Waals surface area contributed by atoms with E-state index in [1.807, 2.05) is 31.3 Å². The number of nitrogens with one attached hydrogen (secondary N) is 1. The minimum atomic E-state index is 0.0219. The van der Waals surface area contributed by atoms with Gasteiger partial charge in [0, 0.05) is 17.6 Å². The van der Waals surface area contributed by atoms with Crippen molar-refractivity contribution in [2.24, 2.45) is 5.73 Å². The van der Waals surface area contributed by atoms with Gasteiger partial charge in [-0.3, -0.25) is 0 Å². The molecular weight excluding hydrogens is 172 g/mol. The number of nitrogens with two attached hydrogens (primary N) is 1. The summed E-state index contributed by atoms with van der Waals surface area (Å²) in [5.41, 5.74) is 6.92. The lowest BCUT2D eigenvalue weighted by Crippen LogP contribution is -2.23. The van der Waals surface area contributed by atoms with Crippen LogP contribution in [0.3, 0.4) is 0 Å². The highest BCUT2D eigenvalue weighted by atomic mass is 35.5. The molecule has 0 aliphatic rings. The molecule has 1 rings (SSSR count). The highest BCUT2D eigenvalue weighted by Gasteiger charge is 2.03. The monoisotopic (exact) mass is 184 g/mol. The van der Waals surface area contributed by atoms with Gasteiger partial charge in [0.15, 0.2) is 0 Å². The molecule has 0 saturated carbocycles. The van der Waals surface area contributed by atoms with E-state index in [2.05, 4.69) is 5.32 Å². The standard InChI is InChI=1S/C9H13ClN2/c1-12-6-9(11)7-3-2-4-8(10)5-7/h2-5,9,12H,6,11H2,1H3/t9-/m1/s1. The Morgan fingerprint density at radius 2 is 2.33 bits per heavy atom. The van der Waals surface area contributed by atoms with Crippen LogP contribution in [0.4, 0.5) is 0 Å². The van der Waals surface area contributed by atoms with E-state index >= 15 is 0 Å². The lowest BCUT2D eigenvalue weighted by atomic mass is 10.1. The Labute approximate surface area is 77.7 Å². The van der Waals surface area contributed by atoms with Gasteiger partial charge < -0.3 is 11.1 Å². The molecule has 12 heavy (non-hydrogen) atoms. The van der Waals surface area contributed by atoms with Crippen LogP contribution < -0.4 is 11.1 Å². The fourth-order valence-electron chi connectivity index (χ4n) is 1.07. The van der Waals surface area contributed by atoms with Crippen LogP contribution in [-0.2, 0) is 0 Å². The second-order valence-electron chi connectivity index (χ2n) is 2.72. The zero-order valence-corrected chi connectivity index (χ0v) is 7.81. The van der Waals surface area contributed by atoms with Crippen LogP contribution in [0.5, 0.6) is 0 Å². The normalized spacial score (nSPS) is 12.9. The van der Waals surface area contributed by atoms with E-state index in [4.69, 9.17) is 17.3 Å². The molecule has 0 heterocycles. The lowest BCUT2D eigenvalue weighted by molar-refractivity contribution is 0.653. The van der Waals surface area contributed by atoms with Crippen molar-refractivity contribution < 1.29 is 0 Å². The molecule has 66 valence electrons. The number of hydrogen-bond donors (Lipinski definition) is 2. The first-order chi connectivity index (χ1) is 5.74. The first-order valence-corrected chi connectivity index (χ1v) is 4.27. The van der Waals surface area contributed by atoms with Crippen molar-refractivity contribution in [3.8, 4) is 0 Å². The van der Waals surface area contributed by atoms with Crippen LogP contribution in [0.25, 0.3) is 0 Å². The van der Waals surface area contributed by atoms with Gasteiger partial charge in [0.1, 0.15) is 0 Å². The Hall–Kier alpha value is -0.570. The van der Waals surface area contributed by atoms with E-state index in [9.17, 15) is 0 Å². The average molecular weight is 185 g/mol. The Bertz CT molecular complexity index is 250. The summed E-state index contributed by atoms with van der Waals surface area (Å²) in [5.74, 6) is 0. The number of benzene rings is 1. The molecule has 0 unspecified atom stereocenters. The lowest BCUT2D eigenvalue weighted by Gasteiger charge is -2.10. The van der Waals surface area contributed by atoms with Crippen molar-refractivity contribution in [1.82, 2.24) is 5.32 Å². The van der Waals surface area contributed by atoms with Gasteiger partial charge in [-0.2, -0.15) is 0 Å². The van der Waals surface area contributed by atoms with E-state index in [-0.39, 0.29) is 6.04 Å². The van der Waals surface area contributed by atoms with Crippen LogP contribution in [0.1, 0.15) is 11.6 Å². The molecule has 1 aromatic rings. The van der Waals surface area contributed by atoms with E-state index in [1.54, 1.807) is 0 Å². The smallest absolute Gasteiger partial charge is 0.0422 e. The minimum absolute atomic E-state index is 0.0219. The molecule has 0 saturated heterocycles. The summed E-state index contributed by atoms with van der Waals surface area (Å²) < 4.78 is 0. The quantitative estimate of drug-likeness (QED) is 0.749. The van der Waals surface area contributed by atoms with Crippen molar-refractivity contribution >= 4 is 11.6 Å². The molecule has 1 atom stereocenters. The van der Waals surface area contributed by atoms with Crippen molar-refractivity contribution in [3.63, 3.8) is 0 Å². The van der Waals surface area contributed by atoms with Crippen LogP contribution in [-0.4, -0.2) is 13.6 Å². The third-order valence-corrected chi connectivity index (χ3v) is 1.94. The number of rotatable bonds is 3. The summed E-state index contributed by atoms with van der Waals surface area (Å²) >= 11 is 5.81. The van der Waals surface area contributed by atoms with Gasteiger partial charge in [0.05, 0.1) is 0 Å². The average Bonchev–Trinajstić information content (AvgIpc) is 2.05. The Morgan fingerprint density at radius 1 is 1.58 bits per heavy atom. The SMILES string of the molecule is CNC[C@@H](N)c1cccc(Cl)c1. The summed E-state index contributed by atoms with van der Waals surface area (Å²) in [4.78, 5) is 0. The van der Waals surface area contributed by atoms with Crippen molar-refractivity contribution in [2.45, 2.75) is 6.04 Å². The molecule has 0 fully saturated rings. The summed E-state index contributed by atoms with van der Waals surface area (Å²) in [7, 11) is 1.88. The minimum Gasteiger partial charge on any atom is -0.323 e. The molecular formula is C9H13ClN2. The first-order valence-electron chi connectivity index (χ1n) is 3.89. The van der Waals surface area contributed by atoms with Crippen LogP contribution >= 0.6 is 11.6 Å². The zero-order chi connectivity index (χ0) is 8.97. The van der Waals surface area contributed by atoms with E-state index in [1.165, 1.54) is 0 Å². The van der Waals surface area contributed by atoms with Crippen molar-refractivity contribution in [2.75, 3.05) is 13.6 Å². The molecule has 0 aromatic heterocycles. The van der Waals surface area contributed by atoms with Gasteiger partial charge in [-0.1, -0.05) is 23.7 Å². The number of hydrogen-bond acceptors (Lipinski definition) is 2. The highest BCUT2D eigenvalue weighted by Crippen LogP contribution is 2.15. The van der Waals surface area contributed by atoms with Gasteiger partial charge in [0.25, 0.3) is 0 Å². The molecule has 3 heteroatoms. The maximum atomic E-state index is 5.85. The van der Waals surface area contributed by atoms with Gasteiger partial charge in [-0.15, -0.1) is 0 Å². The molecule has 2 nitrogen and oxygen atoms in total. The van der Waals surface area contributed by atoms with E-state index < -0.39 is 0 Å². The molecule has 0 aliphatic carbocycles. The predicted molar refractivity (Wildman–Crippen MR) is 52.3 cm³/mol. The maximum Gasteiger partial charge on any atom is 0.0422 e. The van der Waals surface area contributed by atoms with Crippen molar-refractivity contribution in [3.05, 3.63) is 34.9 Å². The van der Waals surface area contributed by atoms with E-state index in [0.29, 0.717) is 0 Å². The van der Waals surface area contributed by atoms with Gasteiger partial charge in [0.2, 0.25) is 0 Å². The summed E-state index contributed by atoms with van der Waals surface area (Å²) in [6.45, 7) is 0.764. The second kappa shape index (κ2) is 4.45. The van der Waals surface area contributed by atoms with Crippen LogP contribution in [0, 0.1) is 0 Å². The molecule has 0 amide bonds. The number of halogens is 1. The van der Waals surface area contributed by atoms with Crippen LogP contribution in [0.2, 0.25) is 5.02 Å². The van der Waals surface area contributed by atoms with Gasteiger partial charge >= 0.3 is 0 Å². The molecule has 3 N–H and O–H groups in total. The predicted octanol–water partition coefficient (Wildman–Crippen LogP) is 1.56. The first kappa shape index (κ1) is 9.52. The van der Waals surface area contributed by atoms with Crippen LogP contribution in [0.15, 0.2) is 24.3 Å². The number of likely N-dealkylation sites (N-methyl/N-ethyl adjacent to an activating group) is 1. The van der Waals surface area contributed by atoms with Crippen molar-refractivity contribution in [1.29, 1.82) is 0 Å². The molecule has 1 aromatic carbocycles. The Kier molecular flexibility index (Phi) is 3.53. The fourth-order valence-corrected chi connectivity index (χ4v) is 1.27. The third kappa shape index (κ3) is 2.48. The topological polar surface area (TPSA) is 38.0 Å². The fraction of sp³-hybridized carbons (Fsp3) is 0.333.